The molecular formula is C14H19N5O3S. The van der Waals surface area contributed by atoms with Crippen LogP contribution in [-0.4, -0.2) is 62.2 Å². The molecule has 4 rings (SSSR count). The van der Waals surface area contributed by atoms with Crippen molar-refractivity contribution in [1.29, 1.82) is 0 Å². The minimum atomic E-state index is -3.33. The van der Waals surface area contributed by atoms with Crippen molar-refractivity contribution in [1.82, 2.24) is 15.2 Å². The number of sulfonamides is 1. The van der Waals surface area contributed by atoms with E-state index in [1.54, 1.807) is 6.20 Å². The Balaban J connectivity index is 1.94. The van der Waals surface area contributed by atoms with E-state index in [0.717, 1.165) is 29.0 Å². The van der Waals surface area contributed by atoms with Crippen molar-refractivity contribution in [3.05, 3.63) is 11.8 Å². The summed E-state index contributed by atoms with van der Waals surface area (Å²) in [6, 6.07) is 0.202. The summed E-state index contributed by atoms with van der Waals surface area (Å²) >= 11 is 0. The maximum atomic E-state index is 12.2. The van der Waals surface area contributed by atoms with Crippen molar-refractivity contribution in [3.8, 4) is 0 Å². The summed E-state index contributed by atoms with van der Waals surface area (Å²) in [5.41, 5.74) is 2.33. The van der Waals surface area contributed by atoms with Crippen LogP contribution in [0.4, 0.5) is 11.5 Å². The minimum Gasteiger partial charge on any atom is -0.377 e. The third kappa shape index (κ3) is 2.26. The Morgan fingerprint density at radius 2 is 2.22 bits per heavy atom. The van der Waals surface area contributed by atoms with Crippen LogP contribution in [0.2, 0.25) is 0 Å². The van der Waals surface area contributed by atoms with Crippen LogP contribution >= 0.6 is 0 Å². The van der Waals surface area contributed by atoms with Crippen molar-refractivity contribution in [3.63, 3.8) is 0 Å². The van der Waals surface area contributed by atoms with E-state index in [0.29, 0.717) is 31.8 Å². The smallest absolute Gasteiger partial charge is 0.232 e. The number of anilines is 2. The summed E-state index contributed by atoms with van der Waals surface area (Å²) in [6.07, 6.45) is 3.55. The quantitative estimate of drug-likeness (QED) is 0.858. The van der Waals surface area contributed by atoms with E-state index in [-0.39, 0.29) is 6.04 Å². The van der Waals surface area contributed by atoms with Gasteiger partial charge in [0, 0.05) is 18.7 Å². The molecule has 8 nitrogen and oxygen atoms in total. The zero-order chi connectivity index (χ0) is 16.2. The van der Waals surface area contributed by atoms with Gasteiger partial charge in [-0.05, 0) is 13.3 Å². The van der Waals surface area contributed by atoms with Gasteiger partial charge in [0.2, 0.25) is 10.0 Å². The van der Waals surface area contributed by atoms with Crippen LogP contribution in [-0.2, 0) is 21.2 Å². The first-order chi connectivity index (χ1) is 11.0. The topological polar surface area (TPSA) is 91.4 Å². The SMILES string of the molecule is C[C@@H]1COCCN1c1nc2[nH]ncc2c2c1CCN2S(C)(=O)=O. The van der Waals surface area contributed by atoms with Crippen molar-refractivity contribution < 1.29 is 13.2 Å². The molecule has 23 heavy (non-hydrogen) atoms. The second kappa shape index (κ2) is 5.07. The molecule has 1 N–H and O–H groups in total. The standard InChI is InChI=1S/C14H19N5O3S/c1-9-8-22-6-5-18(9)14-10-3-4-19(23(2,20)21)12(10)11-7-15-17-13(11)16-14/h7,9H,3-6,8H2,1-2H3,(H,15,16,17)/t9-/m1/s1. The van der Waals surface area contributed by atoms with Crippen molar-refractivity contribution >= 4 is 32.6 Å². The highest BCUT2D eigenvalue weighted by molar-refractivity contribution is 7.92. The maximum absolute atomic E-state index is 12.2. The van der Waals surface area contributed by atoms with Gasteiger partial charge in [-0.1, -0.05) is 0 Å². The van der Waals surface area contributed by atoms with Crippen LogP contribution < -0.4 is 9.21 Å². The molecule has 2 aliphatic heterocycles. The van der Waals surface area contributed by atoms with E-state index in [2.05, 4.69) is 22.0 Å². The van der Waals surface area contributed by atoms with Crippen molar-refractivity contribution in [2.24, 2.45) is 0 Å². The molecule has 0 aliphatic carbocycles. The van der Waals surface area contributed by atoms with Crippen molar-refractivity contribution in [2.75, 3.05) is 41.8 Å². The van der Waals surface area contributed by atoms with Gasteiger partial charge in [-0.25, -0.2) is 13.4 Å². The molecule has 2 aromatic heterocycles. The van der Waals surface area contributed by atoms with Gasteiger partial charge in [-0.2, -0.15) is 5.10 Å². The molecule has 0 radical (unpaired) electrons. The molecular weight excluding hydrogens is 318 g/mol. The van der Waals surface area contributed by atoms with E-state index in [1.807, 2.05) is 0 Å². The number of fused-ring (bicyclic) bond motifs is 3. The Kier molecular flexibility index (Phi) is 3.24. The molecule has 0 aromatic carbocycles. The molecule has 0 unspecified atom stereocenters. The first-order valence-electron chi connectivity index (χ1n) is 7.65. The Morgan fingerprint density at radius 3 is 2.96 bits per heavy atom. The monoisotopic (exact) mass is 337 g/mol. The fourth-order valence-electron chi connectivity index (χ4n) is 3.43. The molecule has 2 aromatic rings. The van der Waals surface area contributed by atoms with Crippen LogP contribution in [0.25, 0.3) is 11.0 Å². The molecule has 4 heterocycles. The average molecular weight is 337 g/mol. The van der Waals surface area contributed by atoms with Crippen LogP contribution in [0, 0.1) is 0 Å². The van der Waals surface area contributed by atoms with Crippen LogP contribution in [0.5, 0.6) is 0 Å². The lowest BCUT2D eigenvalue weighted by Crippen LogP contribution is -2.44. The number of H-pyrrole nitrogens is 1. The number of nitrogens with one attached hydrogen (secondary N) is 1. The fraction of sp³-hybridized carbons (Fsp3) is 0.571. The lowest BCUT2D eigenvalue weighted by Gasteiger charge is -2.35. The number of morpholine rings is 1. The summed E-state index contributed by atoms with van der Waals surface area (Å²) < 4.78 is 31.3. The Bertz CT molecular complexity index is 863. The molecule has 0 bridgehead atoms. The van der Waals surface area contributed by atoms with Crippen LogP contribution in [0.1, 0.15) is 12.5 Å². The summed E-state index contributed by atoms with van der Waals surface area (Å²) in [5, 5.41) is 7.68. The van der Waals surface area contributed by atoms with Crippen LogP contribution in [0.15, 0.2) is 6.20 Å². The maximum Gasteiger partial charge on any atom is 0.232 e. The first-order valence-corrected chi connectivity index (χ1v) is 9.49. The number of rotatable bonds is 2. The highest BCUT2D eigenvalue weighted by Gasteiger charge is 2.34. The van der Waals surface area contributed by atoms with Gasteiger partial charge in [0.1, 0.15) is 5.82 Å². The van der Waals surface area contributed by atoms with Gasteiger partial charge in [0.25, 0.3) is 0 Å². The molecule has 0 spiro atoms. The first kappa shape index (κ1) is 14.7. The molecule has 1 atom stereocenters. The molecule has 1 saturated heterocycles. The number of pyridine rings is 1. The van der Waals surface area contributed by atoms with E-state index in [1.165, 1.54) is 10.6 Å². The highest BCUT2D eigenvalue weighted by atomic mass is 32.2. The Hall–Kier alpha value is -1.87. The molecule has 0 saturated carbocycles. The van der Waals surface area contributed by atoms with Gasteiger partial charge < -0.3 is 9.64 Å². The minimum absolute atomic E-state index is 0.202. The fourth-order valence-corrected chi connectivity index (χ4v) is 4.39. The summed E-state index contributed by atoms with van der Waals surface area (Å²) in [7, 11) is -3.33. The van der Waals surface area contributed by atoms with Gasteiger partial charge >= 0.3 is 0 Å². The third-order valence-corrected chi connectivity index (χ3v) is 5.67. The second-order valence-electron chi connectivity index (χ2n) is 6.10. The number of hydrogen-bond donors (Lipinski definition) is 1. The normalized spacial score (nSPS) is 21.9. The van der Waals surface area contributed by atoms with E-state index < -0.39 is 10.0 Å². The molecule has 0 amide bonds. The van der Waals surface area contributed by atoms with Gasteiger partial charge in [-0.3, -0.25) is 9.40 Å². The van der Waals surface area contributed by atoms with Gasteiger partial charge in [0.05, 0.1) is 42.8 Å². The number of aromatic amines is 1. The molecule has 9 heteroatoms. The summed E-state index contributed by atoms with van der Waals surface area (Å²) in [6.45, 7) is 4.59. The van der Waals surface area contributed by atoms with Gasteiger partial charge in [0.15, 0.2) is 5.65 Å². The predicted molar refractivity (Wildman–Crippen MR) is 87.4 cm³/mol. The summed E-state index contributed by atoms with van der Waals surface area (Å²) in [5.74, 6) is 0.846. The Morgan fingerprint density at radius 1 is 1.39 bits per heavy atom. The molecule has 1 fully saturated rings. The number of hydrogen-bond acceptors (Lipinski definition) is 6. The second-order valence-corrected chi connectivity index (χ2v) is 8.00. The van der Waals surface area contributed by atoms with Crippen molar-refractivity contribution in [2.45, 2.75) is 19.4 Å². The number of nitrogens with zero attached hydrogens (tertiary/aromatic N) is 4. The average Bonchev–Trinajstić information content (AvgIpc) is 3.12. The zero-order valence-electron chi connectivity index (χ0n) is 13.1. The van der Waals surface area contributed by atoms with Gasteiger partial charge in [-0.15, -0.1) is 0 Å². The lowest BCUT2D eigenvalue weighted by atomic mass is 10.1. The summed E-state index contributed by atoms with van der Waals surface area (Å²) in [4.78, 5) is 6.93. The Labute approximate surface area is 134 Å². The lowest BCUT2D eigenvalue weighted by molar-refractivity contribution is 0.0985. The van der Waals surface area contributed by atoms with E-state index in [9.17, 15) is 8.42 Å². The zero-order valence-corrected chi connectivity index (χ0v) is 13.9. The van der Waals surface area contributed by atoms with E-state index >= 15 is 0 Å². The molecule has 2 aliphatic rings. The highest BCUT2D eigenvalue weighted by Crippen LogP contribution is 2.41. The molecule has 124 valence electrons. The van der Waals surface area contributed by atoms with Crippen LogP contribution in [0.3, 0.4) is 0 Å². The number of aromatic nitrogens is 3. The largest absolute Gasteiger partial charge is 0.377 e. The van der Waals surface area contributed by atoms with E-state index in [4.69, 9.17) is 9.72 Å². The number of ether oxygens (including phenoxy) is 1. The third-order valence-electron chi connectivity index (χ3n) is 4.50. The predicted octanol–water partition coefficient (Wildman–Crippen LogP) is 0.505.